The highest BCUT2D eigenvalue weighted by Crippen LogP contribution is 2.27. The summed E-state index contributed by atoms with van der Waals surface area (Å²) in [6, 6.07) is 25.5. The molecule has 0 fully saturated rings. The van der Waals surface area contributed by atoms with Gasteiger partial charge in [-0.1, -0.05) is 24.3 Å². The lowest BCUT2D eigenvalue weighted by Gasteiger charge is -2.13. The van der Waals surface area contributed by atoms with Gasteiger partial charge >= 0.3 is 5.97 Å². The summed E-state index contributed by atoms with van der Waals surface area (Å²) < 4.78 is 5.32. The van der Waals surface area contributed by atoms with Gasteiger partial charge in [-0.3, -0.25) is 14.4 Å². The minimum Gasteiger partial charge on any atom is -0.508 e. The SMILES string of the molecule is COc1cc(O)ccc1/C=C(/NC(=O)c1ccccc1)C(=O)Nc1cccc(SCC(=O)Nc2ccc(C(=O)O)cc2)c1. The molecule has 4 aromatic rings. The number of hydrogen-bond acceptors (Lipinski definition) is 7. The summed E-state index contributed by atoms with van der Waals surface area (Å²) >= 11 is 1.24. The molecule has 3 amide bonds. The van der Waals surface area contributed by atoms with Crippen molar-refractivity contribution in [2.75, 3.05) is 23.5 Å². The zero-order valence-electron chi connectivity index (χ0n) is 22.9. The van der Waals surface area contributed by atoms with E-state index in [1.165, 1.54) is 61.3 Å². The molecule has 0 aliphatic heterocycles. The van der Waals surface area contributed by atoms with Gasteiger partial charge in [-0.05, 0) is 72.8 Å². The van der Waals surface area contributed by atoms with Gasteiger partial charge in [0.1, 0.15) is 17.2 Å². The highest BCUT2D eigenvalue weighted by Gasteiger charge is 2.17. The van der Waals surface area contributed by atoms with Crippen molar-refractivity contribution < 1.29 is 34.1 Å². The van der Waals surface area contributed by atoms with Crippen LogP contribution in [-0.2, 0) is 9.59 Å². The molecule has 0 aliphatic carbocycles. The van der Waals surface area contributed by atoms with Crippen LogP contribution in [0.25, 0.3) is 6.08 Å². The largest absolute Gasteiger partial charge is 0.508 e. The maximum atomic E-state index is 13.4. The average molecular weight is 598 g/mol. The standard InChI is InChI=1S/C32H27N3O7S/c1-42-28-18-25(36)15-12-22(28)16-27(35-30(38)20-6-3-2-4-7-20)31(39)34-24-8-5-9-26(17-24)43-19-29(37)33-23-13-10-21(11-14-23)32(40)41/h2-18,36H,19H2,1H3,(H,33,37)(H,34,39)(H,35,38)(H,40,41)/b27-16+. The first-order valence-electron chi connectivity index (χ1n) is 12.8. The molecular formula is C32H27N3O7S. The number of carbonyl (C=O) groups is 4. The van der Waals surface area contributed by atoms with E-state index in [1.54, 1.807) is 60.7 Å². The second-order valence-electron chi connectivity index (χ2n) is 9.01. The van der Waals surface area contributed by atoms with Crippen LogP contribution in [0.4, 0.5) is 11.4 Å². The number of phenolic OH excluding ortho intramolecular Hbond substituents is 1. The third-order valence-electron chi connectivity index (χ3n) is 5.92. The van der Waals surface area contributed by atoms with Gasteiger partial charge in [0.15, 0.2) is 0 Å². The molecule has 43 heavy (non-hydrogen) atoms. The van der Waals surface area contributed by atoms with Gasteiger partial charge in [0, 0.05) is 33.5 Å². The summed E-state index contributed by atoms with van der Waals surface area (Å²) in [7, 11) is 1.42. The van der Waals surface area contributed by atoms with Crippen molar-refractivity contribution in [1.29, 1.82) is 0 Å². The fourth-order valence-electron chi connectivity index (χ4n) is 3.82. The summed E-state index contributed by atoms with van der Waals surface area (Å²) in [4.78, 5) is 50.5. The van der Waals surface area contributed by atoms with Gasteiger partial charge in [-0.2, -0.15) is 0 Å². The molecule has 10 nitrogen and oxygen atoms in total. The Balaban J connectivity index is 1.47. The Kier molecular flexibility index (Phi) is 10.2. The maximum absolute atomic E-state index is 13.4. The number of phenols is 1. The van der Waals surface area contributed by atoms with Crippen molar-refractivity contribution in [3.63, 3.8) is 0 Å². The second-order valence-corrected chi connectivity index (χ2v) is 10.1. The number of ether oxygens (including phenoxy) is 1. The number of aromatic carboxylic acids is 1. The molecule has 0 radical (unpaired) electrons. The smallest absolute Gasteiger partial charge is 0.335 e. The van der Waals surface area contributed by atoms with Crippen molar-refractivity contribution in [2.24, 2.45) is 0 Å². The summed E-state index contributed by atoms with van der Waals surface area (Å²) in [5.74, 6) is -2.10. The summed E-state index contributed by atoms with van der Waals surface area (Å²) in [6.07, 6.45) is 1.44. The Morgan fingerprint density at radius 1 is 0.814 bits per heavy atom. The first-order valence-corrected chi connectivity index (χ1v) is 13.8. The monoisotopic (exact) mass is 597 g/mol. The number of thioether (sulfide) groups is 1. The predicted octanol–water partition coefficient (Wildman–Crippen LogP) is 5.24. The molecule has 218 valence electrons. The van der Waals surface area contributed by atoms with Crippen molar-refractivity contribution >= 4 is 52.9 Å². The molecule has 4 rings (SSSR count). The highest BCUT2D eigenvalue weighted by molar-refractivity contribution is 8.00. The zero-order chi connectivity index (χ0) is 30.8. The molecule has 4 aromatic carbocycles. The van der Waals surface area contributed by atoms with Gasteiger partial charge in [0.2, 0.25) is 5.91 Å². The van der Waals surface area contributed by atoms with Crippen LogP contribution in [0.5, 0.6) is 11.5 Å². The lowest BCUT2D eigenvalue weighted by atomic mass is 10.1. The third kappa shape index (κ3) is 8.72. The highest BCUT2D eigenvalue weighted by atomic mass is 32.2. The topological polar surface area (TPSA) is 154 Å². The number of rotatable bonds is 11. The Morgan fingerprint density at radius 2 is 1.56 bits per heavy atom. The molecule has 5 N–H and O–H groups in total. The minimum atomic E-state index is -1.05. The maximum Gasteiger partial charge on any atom is 0.335 e. The van der Waals surface area contributed by atoms with E-state index in [-0.39, 0.29) is 28.7 Å². The Bertz CT molecular complexity index is 1670. The van der Waals surface area contributed by atoms with Crippen molar-refractivity contribution in [2.45, 2.75) is 4.90 Å². The normalized spacial score (nSPS) is 10.9. The number of amides is 3. The van der Waals surface area contributed by atoms with E-state index in [4.69, 9.17) is 9.84 Å². The molecule has 11 heteroatoms. The Morgan fingerprint density at radius 3 is 2.26 bits per heavy atom. The lowest BCUT2D eigenvalue weighted by molar-refractivity contribution is -0.114. The summed E-state index contributed by atoms with van der Waals surface area (Å²) in [6.45, 7) is 0. The first kappa shape index (κ1) is 30.4. The Labute approximate surface area is 251 Å². The van der Waals surface area contributed by atoms with Gasteiger partial charge < -0.3 is 30.9 Å². The molecule has 0 aromatic heterocycles. The van der Waals surface area contributed by atoms with Gasteiger partial charge in [0.05, 0.1) is 18.4 Å². The zero-order valence-corrected chi connectivity index (χ0v) is 23.7. The van der Waals surface area contributed by atoms with E-state index >= 15 is 0 Å². The van der Waals surface area contributed by atoms with Crippen LogP contribution in [0.15, 0.2) is 108 Å². The number of carbonyl (C=O) groups excluding carboxylic acids is 3. The Hall–Kier alpha value is -5.55. The molecule has 0 atom stereocenters. The molecule has 0 aliphatic rings. The van der Waals surface area contributed by atoms with Crippen molar-refractivity contribution in [1.82, 2.24) is 5.32 Å². The first-order chi connectivity index (χ1) is 20.7. The number of hydrogen-bond donors (Lipinski definition) is 5. The molecule has 0 spiro atoms. The van der Waals surface area contributed by atoms with E-state index in [9.17, 15) is 24.3 Å². The molecule has 0 saturated heterocycles. The molecular weight excluding hydrogens is 570 g/mol. The van der Waals surface area contributed by atoms with Gasteiger partial charge in [-0.15, -0.1) is 11.8 Å². The van der Waals surface area contributed by atoms with Crippen molar-refractivity contribution in [3.8, 4) is 11.5 Å². The fourth-order valence-corrected chi connectivity index (χ4v) is 4.58. The van der Waals surface area contributed by atoms with Crippen molar-refractivity contribution in [3.05, 3.63) is 119 Å². The summed E-state index contributed by atoms with van der Waals surface area (Å²) in [5.41, 5.74) is 1.76. The fraction of sp³-hybridized carbons (Fsp3) is 0.0625. The van der Waals surface area contributed by atoms with Crippen LogP contribution in [0, 0.1) is 0 Å². The molecule has 0 unspecified atom stereocenters. The number of nitrogens with one attached hydrogen (secondary N) is 3. The minimum absolute atomic E-state index is 0.0209. The number of aromatic hydroxyl groups is 1. The lowest BCUT2D eigenvalue weighted by Crippen LogP contribution is -2.30. The molecule has 0 heterocycles. The number of anilines is 2. The number of benzene rings is 4. The predicted molar refractivity (Wildman–Crippen MR) is 164 cm³/mol. The number of carboxylic acids is 1. The number of methoxy groups -OCH3 is 1. The average Bonchev–Trinajstić information content (AvgIpc) is 3.01. The van der Waals surface area contributed by atoms with E-state index < -0.39 is 17.8 Å². The van der Waals surface area contributed by atoms with Crippen LogP contribution in [0.3, 0.4) is 0 Å². The van der Waals surface area contributed by atoms with Crippen LogP contribution in [-0.4, -0.2) is 46.8 Å². The second kappa shape index (κ2) is 14.4. The van der Waals surface area contributed by atoms with Crippen LogP contribution in [0.1, 0.15) is 26.3 Å². The molecule has 0 bridgehead atoms. The molecule has 0 saturated carbocycles. The van der Waals surface area contributed by atoms with E-state index in [1.807, 2.05) is 0 Å². The third-order valence-corrected chi connectivity index (χ3v) is 6.92. The summed E-state index contributed by atoms with van der Waals surface area (Å²) in [5, 5.41) is 27.0. The van der Waals surface area contributed by atoms with E-state index in [2.05, 4.69) is 16.0 Å². The van der Waals surface area contributed by atoms with E-state index in [0.29, 0.717) is 33.1 Å². The van der Waals surface area contributed by atoms with Crippen LogP contribution < -0.4 is 20.7 Å². The van der Waals surface area contributed by atoms with Crippen LogP contribution in [0.2, 0.25) is 0 Å². The number of carboxylic acid groups (broad SMARTS) is 1. The quantitative estimate of drug-likeness (QED) is 0.116. The van der Waals surface area contributed by atoms with Crippen LogP contribution >= 0.6 is 11.8 Å². The van der Waals surface area contributed by atoms with Gasteiger partial charge in [-0.25, -0.2) is 4.79 Å². The van der Waals surface area contributed by atoms with Gasteiger partial charge in [0.25, 0.3) is 11.8 Å². The van der Waals surface area contributed by atoms with E-state index in [0.717, 1.165) is 0 Å².